The lowest BCUT2D eigenvalue weighted by Gasteiger charge is -2.35. The van der Waals surface area contributed by atoms with Crippen molar-refractivity contribution in [2.45, 2.75) is 38.6 Å². The van der Waals surface area contributed by atoms with E-state index in [1.807, 2.05) is 18.6 Å². The number of H-pyrrole nitrogens is 1. The molecular formula is C15H21N5. The van der Waals surface area contributed by atoms with E-state index in [0.717, 1.165) is 23.5 Å². The van der Waals surface area contributed by atoms with Gasteiger partial charge >= 0.3 is 0 Å². The van der Waals surface area contributed by atoms with Crippen molar-refractivity contribution in [1.29, 1.82) is 0 Å². The highest BCUT2D eigenvalue weighted by atomic mass is 15.2. The number of nitrogens with zero attached hydrogens (tertiary/aromatic N) is 4. The molecule has 0 amide bonds. The van der Waals surface area contributed by atoms with Gasteiger partial charge in [0.25, 0.3) is 0 Å². The largest absolute Gasteiger partial charge is 0.300 e. The zero-order valence-corrected chi connectivity index (χ0v) is 12.1. The van der Waals surface area contributed by atoms with Crippen LogP contribution in [0.1, 0.15) is 38.3 Å². The number of likely N-dealkylation sites (tertiary alicyclic amines) is 1. The zero-order chi connectivity index (χ0) is 13.9. The lowest BCUT2D eigenvalue weighted by atomic mass is 9.94. The van der Waals surface area contributed by atoms with Gasteiger partial charge in [0, 0.05) is 36.5 Å². The second-order valence-electron chi connectivity index (χ2n) is 5.74. The smallest absolute Gasteiger partial charge is 0.0916 e. The molecule has 1 fully saturated rings. The van der Waals surface area contributed by atoms with Crippen LogP contribution in [0.3, 0.4) is 0 Å². The lowest BCUT2D eigenvalue weighted by Crippen LogP contribution is -2.39. The summed E-state index contributed by atoms with van der Waals surface area (Å²) >= 11 is 0. The maximum Gasteiger partial charge on any atom is 0.0916 e. The predicted octanol–water partition coefficient (Wildman–Crippen LogP) is 2.45. The second kappa shape index (κ2) is 5.71. The van der Waals surface area contributed by atoms with Gasteiger partial charge in [-0.2, -0.15) is 5.10 Å². The Labute approximate surface area is 119 Å². The maximum atomic E-state index is 4.62. The van der Waals surface area contributed by atoms with Crippen LogP contribution < -0.4 is 0 Å². The summed E-state index contributed by atoms with van der Waals surface area (Å²) < 4.78 is 0. The summed E-state index contributed by atoms with van der Waals surface area (Å²) in [5, 5.41) is 6.74. The molecule has 0 unspecified atom stereocenters. The third kappa shape index (κ3) is 2.72. The number of nitrogens with one attached hydrogen (secondary N) is 1. The van der Waals surface area contributed by atoms with Crippen molar-refractivity contribution >= 4 is 0 Å². The van der Waals surface area contributed by atoms with Crippen molar-refractivity contribution in [2.75, 3.05) is 13.1 Å². The molecule has 0 aromatic carbocycles. The number of aromatic amines is 1. The summed E-state index contributed by atoms with van der Waals surface area (Å²) in [5.74, 6) is 0.511. The Bertz CT molecular complexity index is 532. The van der Waals surface area contributed by atoms with Gasteiger partial charge in [0.05, 0.1) is 23.8 Å². The van der Waals surface area contributed by atoms with Crippen molar-refractivity contribution in [3.8, 4) is 11.3 Å². The van der Waals surface area contributed by atoms with Gasteiger partial charge in [-0.3, -0.25) is 15.1 Å². The molecule has 3 heterocycles. The molecule has 2 aromatic rings. The van der Waals surface area contributed by atoms with Gasteiger partial charge in [0.15, 0.2) is 0 Å². The van der Waals surface area contributed by atoms with E-state index in [4.69, 9.17) is 0 Å². The summed E-state index contributed by atoms with van der Waals surface area (Å²) in [7, 11) is 0. The highest BCUT2D eigenvalue weighted by Crippen LogP contribution is 2.26. The fraction of sp³-hybridized carbons (Fsp3) is 0.533. The first-order valence-corrected chi connectivity index (χ1v) is 7.29. The number of piperidine rings is 1. The first-order valence-electron chi connectivity index (χ1n) is 7.29. The van der Waals surface area contributed by atoms with Gasteiger partial charge < -0.3 is 4.90 Å². The average molecular weight is 271 g/mol. The van der Waals surface area contributed by atoms with Crippen LogP contribution in [0, 0.1) is 0 Å². The van der Waals surface area contributed by atoms with Crippen LogP contribution in [-0.4, -0.2) is 44.2 Å². The minimum absolute atomic E-state index is 0.511. The fourth-order valence-electron chi connectivity index (χ4n) is 2.81. The SMILES string of the molecule is CC(C)N1CCC[C@@H](c2cnc(-c3cn[nH]c3)cn2)C1. The minimum Gasteiger partial charge on any atom is -0.300 e. The standard InChI is InChI=1S/C15H21N5/c1-11(2)20-5-3-4-12(10-20)14-8-17-15(9-16-14)13-6-18-19-7-13/h6-9,11-12H,3-5,10H2,1-2H3,(H,18,19)/t12-/m1/s1. The van der Waals surface area contributed by atoms with E-state index in [2.05, 4.69) is 38.9 Å². The molecule has 0 aliphatic carbocycles. The van der Waals surface area contributed by atoms with E-state index < -0.39 is 0 Å². The molecule has 106 valence electrons. The van der Waals surface area contributed by atoms with E-state index in [1.165, 1.54) is 19.4 Å². The monoisotopic (exact) mass is 271 g/mol. The maximum absolute atomic E-state index is 4.62. The summed E-state index contributed by atoms with van der Waals surface area (Å²) in [5.41, 5.74) is 2.97. The molecule has 3 rings (SSSR count). The Kier molecular flexibility index (Phi) is 3.78. The third-order valence-electron chi connectivity index (χ3n) is 4.07. The van der Waals surface area contributed by atoms with Crippen LogP contribution in [0.5, 0.6) is 0 Å². The van der Waals surface area contributed by atoms with E-state index >= 15 is 0 Å². The molecular weight excluding hydrogens is 250 g/mol. The summed E-state index contributed by atoms with van der Waals surface area (Å²) in [6, 6.07) is 0.607. The second-order valence-corrected chi connectivity index (χ2v) is 5.74. The third-order valence-corrected chi connectivity index (χ3v) is 4.07. The number of hydrogen-bond acceptors (Lipinski definition) is 4. The Hall–Kier alpha value is -1.75. The van der Waals surface area contributed by atoms with Crippen LogP contribution in [0.25, 0.3) is 11.3 Å². The van der Waals surface area contributed by atoms with Crippen LogP contribution >= 0.6 is 0 Å². The highest BCUT2D eigenvalue weighted by molar-refractivity contribution is 5.55. The molecule has 5 heteroatoms. The first-order chi connectivity index (χ1) is 9.74. The Morgan fingerprint density at radius 2 is 2.15 bits per heavy atom. The molecule has 1 aliphatic rings. The molecule has 0 spiro atoms. The van der Waals surface area contributed by atoms with Crippen LogP contribution in [0.2, 0.25) is 0 Å². The molecule has 0 radical (unpaired) electrons. The molecule has 0 saturated carbocycles. The van der Waals surface area contributed by atoms with Gasteiger partial charge in [-0.15, -0.1) is 0 Å². The Morgan fingerprint density at radius 1 is 1.25 bits per heavy atom. The van der Waals surface area contributed by atoms with Gasteiger partial charge in [-0.05, 0) is 33.2 Å². The molecule has 1 aliphatic heterocycles. The summed E-state index contributed by atoms with van der Waals surface area (Å²) in [4.78, 5) is 11.7. The fourth-order valence-corrected chi connectivity index (χ4v) is 2.81. The number of aromatic nitrogens is 4. The van der Waals surface area contributed by atoms with Gasteiger partial charge in [0.2, 0.25) is 0 Å². The Balaban J connectivity index is 1.74. The van der Waals surface area contributed by atoms with Crippen LogP contribution in [0.4, 0.5) is 0 Å². The van der Waals surface area contributed by atoms with Gasteiger partial charge in [-0.25, -0.2) is 0 Å². The van der Waals surface area contributed by atoms with Crippen molar-refractivity contribution in [1.82, 2.24) is 25.1 Å². The molecule has 5 nitrogen and oxygen atoms in total. The lowest BCUT2D eigenvalue weighted by molar-refractivity contribution is 0.166. The molecule has 2 aromatic heterocycles. The molecule has 1 atom stereocenters. The summed E-state index contributed by atoms with van der Waals surface area (Å²) in [6.45, 7) is 6.82. The van der Waals surface area contributed by atoms with Crippen molar-refractivity contribution in [2.24, 2.45) is 0 Å². The quantitative estimate of drug-likeness (QED) is 0.931. The number of rotatable bonds is 3. The summed E-state index contributed by atoms with van der Waals surface area (Å²) in [6.07, 6.45) is 9.85. The van der Waals surface area contributed by atoms with E-state index in [0.29, 0.717) is 12.0 Å². The van der Waals surface area contributed by atoms with Crippen molar-refractivity contribution < 1.29 is 0 Å². The van der Waals surface area contributed by atoms with E-state index in [9.17, 15) is 0 Å². The average Bonchev–Trinajstić information content (AvgIpc) is 3.02. The zero-order valence-electron chi connectivity index (χ0n) is 12.1. The van der Waals surface area contributed by atoms with Gasteiger partial charge in [-0.1, -0.05) is 0 Å². The predicted molar refractivity (Wildman–Crippen MR) is 78.3 cm³/mol. The van der Waals surface area contributed by atoms with Crippen LogP contribution in [-0.2, 0) is 0 Å². The minimum atomic E-state index is 0.511. The molecule has 1 saturated heterocycles. The van der Waals surface area contributed by atoms with Crippen molar-refractivity contribution in [3.63, 3.8) is 0 Å². The highest BCUT2D eigenvalue weighted by Gasteiger charge is 2.24. The normalized spacial score (nSPS) is 20.4. The number of hydrogen-bond donors (Lipinski definition) is 1. The first kappa shape index (κ1) is 13.2. The van der Waals surface area contributed by atoms with Crippen LogP contribution in [0.15, 0.2) is 24.8 Å². The van der Waals surface area contributed by atoms with Gasteiger partial charge in [0.1, 0.15) is 0 Å². The van der Waals surface area contributed by atoms with E-state index in [1.54, 1.807) is 6.20 Å². The van der Waals surface area contributed by atoms with E-state index in [-0.39, 0.29) is 0 Å². The Morgan fingerprint density at radius 3 is 2.80 bits per heavy atom. The molecule has 1 N–H and O–H groups in total. The molecule has 20 heavy (non-hydrogen) atoms. The van der Waals surface area contributed by atoms with Crippen molar-refractivity contribution in [3.05, 3.63) is 30.5 Å². The molecule has 0 bridgehead atoms. The topological polar surface area (TPSA) is 57.7 Å².